The summed E-state index contributed by atoms with van der Waals surface area (Å²) in [6.07, 6.45) is 6.24. The smallest absolute Gasteiger partial charge is 0.307 e. The molecule has 1 N–H and O–H groups in total. The van der Waals surface area contributed by atoms with Crippen LogP contribution < -0.4 is 14.2 Å². The Balaban J connectivity index is 1.36. The first-order valence-corrected chi connectivity index (χ1v) is 20.9. The molecule has 300 valence electrons. The second-order valence-corrected chi connectivity index (χ2v) is 18.5. The molecule has 3 fully saturated rings. The van der Waals surface area contributed by atoms with E-state index in [1.807, 2.05) is 39.0 Å². The van der Waals surface area contributed by atoms with Gasteiger partial charge in [-0.3, -0.25) is 23.9 Å². The minimum Gasteiger partial charge on any atom is -0.491 e. The molecule has 55 heavy (non-hydrogen) atoms. The van der Waals surface area contributed by atoms with Gasteiger partial charge >= 0.3 is 5.97 Å². The van der Waals surface area contributed by atoms with E-state index in [0.717, 1.165) is 12.3 Å². The zero-order valence-corrected chi connectivity index (χ0v) is 33.0. The Labute approximate surface area is 333 Å². The number of amides is 2. The van der Waals surface area contributed by atoms with E-state index < -0.39 is 99.9 Å². The van der Waals surface area contributed by atoms with E-state index in [-0.39, 0.29) is 43.7 Å². The Hall–Kier alpha value is -4.00. The maximum Gasteiger partial charge on any atom is 0.307 e. The van der Waals surface area contributed by atoms with Crippen molar-refractivity contribution in [2.45, 2.75) is 135 Å². The number of ether oxygens (including phenoxy) is 3. The molecule has 3 heterocycles. The van der Waals surface area contributed by atoms with Crippen LogP contribution in [-0.2, 0) is 33.9 Å². The van der Waals surface area contributed by atoms with Crippen LogP contribution in [0.15, 0.2) is 42.6 Å². The Morgan fingerprint density at radius 1 is 1.13 bits per heavy atom. The topological polar surface area (TPSA) is 158 Å². The van der Waals surface area contributed by atoms with Crippen LogP contribution in [0.5, 0.6) is 11.6 Å². The lowest BCUT2D eigenvalue weighted by Crippen LogP contribution is -2.47. The molecule has 12 nitrogen and oxygen atoms in total. The van der Waals surface area contributed by atoms with Gasteiger partial charge in [-0.25, -0.2) is 13.4 Å². The SMILES string of the molecule is [2H]C([2H])([2H])C(C)(OC(=O)C[C@@H]1C(=O)N2C[C@H](Oc3nccc4cc(OC(C)C)ccc34)C[C@H]2C(=O)C[C@]2(C(=O)NS(=O)(=O)C3CC3)C[C@H]2/C=C\CC[C@H](C)C[C@H]1C)C([2H])([2H])[2H]. The van der Waals surface area contributed by atoms with Gasteiger partial charge < -0.3 is 19.1 Å². The first-order valence-electron chi connectivity index (χ1n) is 22.3. The number of rotatable bonds is 9. The number of nitrogens with zero attached hydrogens (tertiary/aromatic N) is 2. The largest absolute Gasteiger partial charge is 0.491 e. The first-order chi connectivity index (χ1) is 28.3. The molecule has 1 aromatic heterocycles. The first kappa shape index (κ1) is 33.2. The molecule has 4 aliphatic rings. The number of pyridine rings is 1. The fourth-order valence-corrected chi connectivity index (χ4v) is 9.55. The van der Waals surface area contributed by atoms with E-state index in [2.05, 4.69) is 9.71 Å². The summed E-state index contributed by atoms with van der Waals surface area (Å²) in [6.45, 7) is 1.82. The van der Waals surface area contributed by atoms with Gasteiger partial charge in [-0.1, -0.05) is 26.0 Å². The predicted octanol–water partition coefficient (Wildman–Crippen LogP) is 6.30. The maximum atomic E-state index is 15.0. The lowest BCUT2D eigenvalue weighted by atomic mass is 9.82. The van der Waals surface area contributed by atoms with Crippen LogP contribution in [-0.4, -0.2) is 77.5 Å². The number of sulfonamides is 1. The minimum absolute atomic E-state index is 0.0121. The lowest BCUT2D eigenvalue weighted by Gasteiger charge is -2.32. The van der Waals surface area contributed by atoms with Gasteiger partial charge in [0.1, 0.15) is 17.5 Å². The molecule has 2 amide bonds. The summed E-state index contributed by atoms with van der Waals surface area (Å²) in [4.78, 5) is 63.1. The van der Waals surface area contributed by atoms with Crippen molar-refractivity contribution in [1.82, 2.24) is 14.6 Å². The molecule has 0 spiro atoms. The monoisotopic (exact) mass is 785 g/mol. The quantitative estimate of drug-likeness (QED) is 0.226. The average Bonchev–Trinajstić information content (AvgIpc) is 4.07. The molecule has 1 saturated heterocycles. The van der Waals surface area contributed by atoms with Crippen molar-refractivity contribution in [3.05, 3.63) is 42.6 Å². The van der Waals surface area contributed by atoms with Crippen molar-refractivity contribution in [3.63, 3.8) is 0 Å². The molecule has 2 aliphatic carbocycles. The van der Waals surface area contributed by atoms with Gasteiger partial charge in [0.2, 0.25) is 27.7 Å². The molecular formula is C42H57N3O9S. The third-order valence-corrected chi connectivity index (χ3v) is 13.0. The number of hydrogen-bond donors (Lipinski definition) is 1. The highest BCUT2D eigenvalue weighted by atomic mass is 32.2. The van der Waals surface area contributed by atoms with Crippen LogP contribution in [0.4, 0.5) is 0 Å². The van der Waals surface area contributed by atoms with Gasteiger partial charge in [0, 0.05) is 32.6 Å². The van der Waals surface area contributed by atoms with Crippen molar-refractivity contribution in [3.8, 4) is 11.6 Å². The Morgan fingerprint density at radius 2 is 1.89 bits per heavy atom. The number of aromatic nitrogens is 1. The van der Waals surface area contributed by atoms with Crippen LogP contribution in [0.25, 0.3) is 10.8 Å². The van der Waals surface area contributed by atoms with Gasteiger partial charge in [0.05, 0.1) is 41.7 Å². The van der Waals surface area contributed by atoms with Crippen LogP contribution >= 0.6 is 0 Å². The van der Waals surface area contributed by atoms with Crippen molar-refractivity contribution < 1.29 is 50.0 Å². The minimum atomic E-state index is -3.94. The highest BCUT2D eigenvalue weighted by molar-refractivity contribution is 7.90. The highest BCUT2D eigenvalue weighted by Gasteiger charge is 2.61. The number of nitrogens with one attached hydrogen (secondary N) is 1. The molecule has 0 unspecified atom stereocenters. The number of benzene rings is 1. The van der Waals surface area contributed by atoms with Crippen LogP contribution in [0.3, 0.4) is 0 Å². The van der Waals surface area contributed by atoms with E-state index in [1.54, 1.807) is 31.3 Å². The van der Waals surface area contributed by atoms with Crippen LogP contribution in [0.2, 0.25) is 0 Å². The fraction of sp³-hybridized carbons (Fsp3) is 0.643. The van der Waals surface area contributed by atoms with E-state index >= 15 is 4.79 Å². The summed E-state index contributed by atoms with van der Waals surface area (Å²) in [5.41, 5.74) is -4.24. The number of hydrogen-bond acceptors (Lipinski definition) is 10. The number of carbonyl (C=O) groups excluding carboxylic acids is 4. The number of esters is 1. The molecule has 0 radical (unpaired) electrons. The number of allylic oxidation sites excluding steroid dienone is 2. The van der Waals surface area contributed by atoms with Gasteiger partial charge in [-0.05, 0) is 120 Å². The highest BCUT2D eigenvalue weighted by Crippen LogP contribution is 2.57. The summed E-state index contributed by atoms with van der Waals surface area (Å²) in [5.74, 6) is -4.29. The standard InChI is InChI=1S/C42H57N3O9S/c1-25(2)52-30-12-15-33-28(19-30)16-17-43-38(33)53-31-20-35-36(46)23-42(40(49)44-55(50,51)32-13-14-32)22-29(42)11-9-8-10-26(3)18-27(4)34(39(48)45(35)24-31)21-37(47)54-41(5,6)7/h9,11-12,15-17,19,25-27,29,31-32,34-35H,8,10,13-14,18,20-24H2,1-7H3,(H,44,49)/b11-9-/t26-,27+,29+,31+,34-,35-,42+/m0/s1/i5D3,6D3. The molecule has 2 aromatic rings. The summed E-state index contributed by atoms with van der Waals surface area (Å²) in [6, 6.07) is 6.06. The number of ketones is 1. The van der Waals surface area contributed by atoms with Crippen molar-refractivity contribution >= 4 is 44.4 Å². The van der Waals surface area contributed by atoms with Crippen LogP contribution in [0, 0.1) is 29.1 Å². The third-order valence-electron chi connectivity index (χ3n) is 11.2. The average molecular weight is 786 g/mol. The van der Waals surface area contributed by atoms with E-state index in [4.69, 9.17) is 22.4 Å². The second-order valence-electron chi connectivity index (χ2n) is 16.6. The maximum absolute atomic E-state index is 15.0. The van der Waals surface area contributed by atoms with Gasteiger partial charge in [-0.2, -0.15) is 0 Å². The molecular weight excluding hydrogens is 723 g/mol. The van der Waals surface area contributed by atoms with Gasteiger partial charge in [0.25, 0.3) is 0 Å². The molecule has 13 heteroatoms. The summed E-state index contributed by atoms with van der Waals surface area (Å²) >= 11 is 0. The Kier molecular flexibility index (Phi) is 9.57. The van der Waals surface area contributed by atoms with Crippen LogP contribution in [0.1, 0.15) is 114 Å². The summed E-state index contributed by atoms with van der Waals surface area (Å²) in [7, 11) is -3.94. The van der Waals surface area contributed by atoms with Crippen molar-refractivity contribution in [2.75, 3.05) is 6.54 Å². The summed E-state index contributed by atoms with van der Waals surface area (Å²) in [5, 5.41) is 0.754. The zero-order chi connectivity index (χ0) is 44.9. The van der Waals surface area contributed by atoms with E-state index in [1.165, 1.54) is 4.90 Å². The van der Waals surface area contributed by atoms with E-state index in [9.17, 15) is 22.8 Å². The molecule has 1 aromatic carbocycles. The normalized spacial score (nSPS) is 31.9. The second kappa shape index (κ2) is 15.9. The molecule has 6 rings (SSSR count). The van der Waals surface area contributed by atoms with Gasteiger partial charge in [0.15, 0.2) is 5.78 Å². The van der Waals surface area contributed by atoms with Crippen molar-refractivity contribution in [1.29, 1.82) is 0 Å². The van der Waals surface area contributed by atoms with Gasteiger partial charge in [-0.15, -0.1) is 0 Å². The molecule has 7 atom stereocenters. The fourth-order valence-electron chi connectivity index (χ4n) is 8.16. The number of fused-ring (bicyclic) bond motifs is 3. The Bertz CT molecular complexity index is 2140. The predicted molar refractivity (Wildman–Crippen MR) is 208 cm³/mol. The third kappa shape index (κ3) is 9.70. The van der Waals surface area contributed by atoms with E-state index in [0.29, 0.717) is 43.2 Å². The molecule has 2 saturated carbocycles. The molecule has 2 aliphatic heterocycles. The lowest BCUT2D eigenvalue weighted by molar-refractivity contribution is -0.160. The number of Topliss-reactive ketones (excluding diaryl/α,β-unsaturated/α-hetero) is 1. The number of carbonyl (C=O) groups is 4. The summed E-state index contributed by atoms with van der Waals surface area (Å²) < 4.78 is 93.4. The molecule has 0 bridgehead atoms. The Morgan fingerprint density at radius 3 is 2.60 bits per heavy atom. The van der Waals surface area contributed by atoms with Crippen molar-refractivity contribution in [2.24, 2.45) is 29.1 Å². The zero-order valence-electron chi connectivity index (χ0n) is 38.2.